The van der Waals surface area contributed by atoms with Crippen LogP contribution in [0, 0.1) is 6.92 Å². The molecule has 3 nitrogen and oxygen atoms in total. The molecular weight excluding hydrogens is 255 g/mol. The summed E-state index contributed by atoms with van der Waals surface area (Å²) in [6, 6.07) is 10.3. The van der Waals surface area contributed by atoms with E-state index in [0.29, 0.717) is 0 Å². The summed E-state index contributed by atoms with van der Waals surface area (Å²) >= 11 is 0. The largest absolute Gasteiger partial charge is 0.439 e. The molecule has 0 radical (unpaired) electrons. The van der Waals surface area contributed by atoms with E-state index in [1.165, 1.54) is 5.56 Å². The van der Waals surface area contributed by atoms with Crippen LogP contribution in [0.5, 0.6) is 0 Å². The minimum atomic E-state index is -2.86. The first kappa shape index (κ1) is 14.5. The van der Waals surface area contributed by atoms with Crippen LogP contribution < -0.4 is 0 Å². The van der Waals surface area contributed by atoms with E-state index in [1.54, 1.807) is 0 Å². The van der Waals surface area contributed by atoms with E-state index in [9.17, 15) is 0 Å². The molecule has 0 spiro atoms. The van der Waals surface area contributed by atoms with Gasteiger partial charge in [-0.2, -0.15) is 0 Å². The van der Waals surface area contributed by atoms with Crippen molar-refractivity contribution in [2.45, 2.75) is 6.92 Å². The first-order valence-electron chi connectivity index (χ1n) is 2.93. The average molecular weight is 264 g/mol. The smallest absolute Gasteiger partial charge is 0.0495 e. The molecule has 0 fully saturated rings. The van der Waals surface area contributed by atoms with Crippen molar-refractivity contribution in [3.05, 3.63) is 35.9 Å². The van der Waals surface area contributed by atoms with Crippen molar-refractivity contribution < 1.29 is 39.2 Å². The summed E-state index contributed by atoms with van der Waals surface area (Å²) in [5, 5.41) is 0. The van der Waals surface area contributed by atoms with Crippen LogP contribution in [0.25, 0.3) is 0 Å². The van der Waals surface area contributed by atoms with Crippen molar-refractivity contribution in [2.24, 2.45) is 0 Å². The Bertz CT molecular complexity index is 251. The molecule has 0 aliphatic carbocycles. The van der Waals surface area contributed by atoms with E-state index < -0.39 is 11.0 Å². The van der Waals surface area contributed by atoms with Crippen molar-refractivity contribution in [1.82, 2.24) is 0 Å². The zero-order valence-corrected chi connectivity index (χ0v) is 9.83. The molecule has 0 aliphatic rings. The molecule has 1 aromatic rings. The van der Waals surface area contributed by atoms with E-state index in [-0.39, 0.29) is 26.2 Å². The van der Waals surface area contributed by atoms with Gasteiger partial charge in [0.05, 0.1) is 0 Å². The number of aryl methyl sites for hydroxylation is 1. The van der Waals surface area contributed by atoms with Gasteiger partial charge in [0.1, 0.15) is 0 Å². The van der Waals surface area contributed by atoms with Crippen LogP contribution in [-0.2, 0) is 45.6 Å². The third kappa shape index (κ3) is 12.7. The fourth-order valence-corrected chi connectivity index (χ4v) is 0.534. The summed E-state index contributed by atoms with van der Waals surface area (Å²) in [4.78, 5) is 0. The zero-order chi connectivity index (χ0) is 8.69. The van der Waals surface area contributed by atoms with Gasteiger partial charge in [0.25, 0.3) is 0 Å². The molecule has 1 N–H and O–H groups in total. The maximum atomic E-state index is 8.56. The van der Waals surface area contributed by atoms with Crippen molar-refractivity contribution in [1.29, 1.82) is 0 Å². The van der Waals surface area contributed by atoms with Crippen molar-refractivity contribution in [3.8, 4) is 0 Å². The van der Waals surface area contributed by atoms with Crippen LogP contribution in [-0.4, -0.2) is 4.55 Å². The second-order valence-electron chi connectivity index (χ2n) is 1.87. The van der Waals surface area contributed by atoms with Crippen LogP contribution in [0.2, 0.25) is 0 Å². The Balaban J connectivity index is 0. The second-order valence-corrected chi connectivity index (χ2v) is 2.31. The molecule has 0 aromatic heterocycles. The molecule has 5 heteroatoms. The van der Waals surface area contributed by atoms with Crippen molar-refractivity contribution in [2.75, 3.05) is 0 Å². The van der Waals surface area contributed by atoms with E-state index in [4.69, 9.17) is 13.0 Å². The Morgan fingerprint density at radius 1 is 1.17 bits per heavy atom. The van der Waals surface area contributed by atoms with Gasteiger partial charge in [0.15, 0.2) is 0 Å². The molecule has 0 amide bonds. The van der Waals surface area contributed by atoms with Gasteiger partial charge in [-0.05, 0) is 6.92 Å². The molecule has 0 atom stereocenters. The number of rotatable bonds is 0. The van der Waals surface area contributed by atoms with E-state index in [2.05, 4.69) is 19.1 Å². The molecule has 1 aromatic carbocycles. The topological polar surface area (TPSA) is 54.4 Å². The Hall–Kier alpha value is 0.0131. The maximum absolute atomic E-state index is 8.56. The molecule has 0 bridgehead atoms. The summed E-state index contributed by atoms with van der Waals surface area (Å²) < 4.78 is 24.1. The van der Waals surface area contributed by atoms with Gasteiger partial charge in [-0.3, -0.25) is 0 Å². The minimum absolute atomic E-state index is 0. The Labute approximate surface area is 92.7 Å². The van der Waals surface area contributed by atoms with Crippen LogP contribution >= 0.6 is 0 Å². The molecule has 66 valence electrons. The van der Waals surface area contributed by atoms with Gasteiger partial charge < -0.3 is 13.0 Å². The fraction of sp³-hybridized carbons (Fsp3) is 0.143. The number of hydrogen-bond donors (Lipinski definition) is 1. The standard InChI is InChI=1S/C7H8.HO3S.Zr/c1-7-5-3-2-4-6-7;1-4(2)3;/h2-6H,1H3;(H,1,2,3);/q;-1;. The van der Waals surface area contributed by atoms with E-state index in [1.807, 2.05) is 18.2 Å². The molecule has 12 heavy (non-hydrogen) atoms. The van der Waals surface area contributed by atoms with E-state index in [0.717, 1.165) is 0 Å². The molecule has 0 heterocycles. The second kappa shape index (κ2) is 9.10. The van der Waals surface area contributed by atoms with Crippen LogP contribution in [0.15, 0.2) is 30.3 Å². The van der Waals surface area contributed by atoms with Crippen LogP contribution in [0.1, 0.15) is 5.56 Å². The number of benzene rings is 1. The summed E-state index contributed by atoms with van der Waals surface area (Å²) in [6.45, 7) is 2.08. The van der Waals surface area contributed by atoms with E-state index >= 15 is 0 Å². The van der Waals surface area contributed by atoms with Gasteiger partial charge in [0, 0.05) is 37.2 Å². The van der Waals surface area contributed by atoms with Crippen molar-refractivity contribution in [3.63, 3.8) is 0 Å². The van der Waals surface area contributed by atoms with Gasteiger partial charge in [0.2, 0.25) is 0 Å². The Morgan fingerprint density at radius 3 is 1.67 bits per heavy atom. The molecule has 0 saturated heterocycles. The van der Waals surface area contributed by atoms with Crippen LogP contribution in [0.4, 0.5) is 0 Å². The third-order valence-corrected chi connectivity index (χ3v) is 0.940. The van der Waals surface area contributed by atoms with Gasteiger partial charge in [-0.15, -0.1) is 0 Å². The van der Waals surface area contributed by atoms with Crippen LogP contribution in [0.3, 0.4) is 0 Å². The third-order valence-electron chi connectivity index (χ3n) is 0.940. The molecule has 1 rings (SSSR count). The molecule has 0 saturated carbocycles. The summed E-state index contributed by atoms with van der Waals surface area (Å²) in [6.07, 6.45) is 0. The molecule has 0 aliphatic heterocycles. The fourth-order valence-electron chi connectivity index (χ4n) is 0.534. The van der Waals surface area contributed by atoms with Crippen molar-refractivity contribution >= 4 is 11.0 Å². The molecule has 0 unspecified atom stereocenters. The SMILES string of the molecule is Cc1ccccc1.O=[S-](=O)O.[Zr]. The quantitative estimate of drug-likeness (QED) is 0.441. The first-order valence-corrected chi connectivity index (χ1v) is 3.96. The maximum Gasteiger partial charge on any atom is 0.0495 e. The minimum Gasteiger partial charge on any atom is -0.439 e. The predicted octanol–water partition coefficient (Wildman–Crippen LogP) is 1.76. The monoisotopic (exact) mass is 263 g/mol. The normalized spacial score (nSPS) is 7.92. The predicted molar refractivity (Wildman–Crippen MR) is 42.5 cm³/mol. The van der Waals surface area contributed by atoms with Gasteiger partial charge in [-0.1, -0.05) is 35.9 Å². The van der Waals surface area contributed by atoms with Gasteiger partial charge in [-0.25, -0.2) is 0 Å². The molecular formula is C7H9O3SZr-. The zero-order valence-electron chi connectivity index (χ0n) is 6.56. The Kier molecular flexibility index (Phi) is 11.0. The number of hydrogen-bond acceptors (Lipinski definition) is 3. The summed E-state index contributed by atoms with van der Waals surface area (Å²) in [5.41, 5.74) is 1.32. The summed E-state index contributed by atoms with van der Waals surface area (Å²) in [7, 11) is -2.86. The summed E-state index contributed by atoms with van der Waals surface area (Å²) in [5.74, 6) is 0. The van der Waals surface area contributed by atoms with Gasteiger partial charge >= 0.3 is 0 Å². The first-order chi connectivity index (χ1) is 5.13. The Morgan fingerprint density at radius 2 is 1.50 bits per heavy atom. The average Bonchev–Trinajstić information content (AvgIpc) is 1.87.